The van der Waals surface area contributed by atoms with Crippen molar-refractivity contribution in [2.24, 2.45) is 5.92 Å². The van der Waals surface area contributed by atoms with E-state index >= 15 is 0 Å². The molecule has 2 aromatic heterocycles. The largest absolute Gasteiger partial charge is 0.441 e. The Morgan fingerprint density at radius 2 is 1.91 bits per heavy atom. The van der Waals surface area contributed by atoms with Gasteiger partial charge in [0.25, 0.3) is 0 Å². The van der Waals surface area contributed by atoms with Crippen LogP contribution < -0.4 is 10.2 Å². The summed E-state index contributed by atoms with van der Waals surface area (Å²) in [4.78, 5) is 17.4. The molecule has 0 atom stereocenters. The topological polar surface area (TPSA) is 80.2 Å². The molecule has 2 fully saturated rings. The zero-order valence-electron chi connectivity index (χ0n) is 18.3. The van der Waals surface area contributed by atoms with E-state index in [-0.39, 0.29) is 23.9 Å². The van der Waals surface area contributed by atoms with Gasteiger partial charge in [0, 0.05) is 18.3 Å². The highest BCUT2D eigenvalue weighted by Gasteiger charge is 2.48. The molecule has 2 aliphatic rings. The Morgan fingerprint density at radius 3 is 2.62 bits per heavy atom. The van der Waals surface area contributed by atoms with E-state index in [1.54, 1.807) is 24.3 Å². The van der Waals surface area contributed by atoms with E-state index in [9.17, 15) is 13.6 Å². The molecule has 7 nitrogen and oxygen atoms in total. The Kier molecular flexibility index (Phi) is 6.92. The molecule has 3 aromatic rings. The van der Waals surface area contributed by atoms with Gasteiger partial charge < -0.3 is 10.1 Å². The second-order valence-electron chi connectivity index (χ2n) is 8.59. The van der Waals surface area contributed by atoms with Crippen LogP contribution in [0.2, 0.25) is 0 Å². The van der Waals surface area contributed by atoms with Gasteiger partial charge in [-0.2, -0.15) is 4.39 Å². The summed E-state index contributed by atoms with van der Waals surface area (Å²) in [5.41, 5.74) is 0.862. The van der Waals surface area contributed by atoms with E-state index in [1.807, 2.05) is 12.1 Å². The van der Waals surface area contributed by atoms with Crippen molar-refractivity contribution >= 4 is 30.0 Å². The van der Waals surface area contributed by atoms with Crippen LogP contribution in [0.25, 0.3) is 11.3 Å². The summed E-state index contributed by atoms with van der Waals surface area (Å²) in [5.74, 6) is 0.0614. The molecular formula is C24H24ClF2N5O2. The molecule has 3 heterocycles. The minimum atomic E-state index is -0.672. The van der Waals surface area contributed by atoms with Crippen LogP contribution in [0.15, 0.2) is 54.7 Å². The van der Waals surface area contributed by atoms with Gasteiger partial charge in [-0.15, -0.1) is 22.6 Å². The molecule has 1 spiro atoms. The summed E-state index contributed by atoms with van der Waals surface area (Å²) in [7, 11) is 0. The summed E-state index contributed by atoms with van der Waals surface area (Å²) >= 11 is 0. The first-order valence-electron chi connectivity index (χ1n) is 11.0. The fraction of sp³-hybridized carbons (Fsp3) is 0.333. The van der Waals surface area contributed by atoms with Crippen molar-refractivity contribution in [3.05, 3.63) is 66.5 Å². The summed E-state index contributed by atoms with van der Waals surface area (Å²) in [6, 6.07) is 13.0. The van der Waals surface area contributed by atoms with Gasteiger partial charge in [-0.25, -0.2) is 14.2 Å². The van der Waals surface area contributed by atoms with Crippen molar-refractivity contribution in [1.82, 2.24) is 15.2 Å². The van der Waals surface area contributed by atoms with Gasteiger partial charge in [-0.3, -0.25) is 4.90 Å². The maximum absolute atomic E-state index is 14.0. The highest BCUT2D eigenvalue weighted by molar-refractivity contribution is 5.90. The zero-order chi connectivity index (χ0) is 22.8. The Labute approximate surface area is 202 Å². The lowest BCUT2D eigenvalue weighted by Crippen LogP contribution is -2.39. The predicted molar refractivity (Wildman–Crippen MR) is 126 cm³/mol. The minimum absolute atomic E-state index is 0. The van der Waals surface area contributed by atoms with Gasteiger partial charge in [0.1, 0.15) is 22.9 Å². The van der Waals surface area contributed by atoms with Gasteiger partial charge in [0.15, 0.2) is 0 Å². The molecule has 1 aliphatic heterocycles. The Hall–Kier alpha value is -3.33. The van der Waals surface area contributed by atoms with E-state index in [1.165, 1.54) is 23.2 Å². The lowest BCUT2D eigenvalue weighted by atomic mass is 9.78. The van der Waals surface area contributed by atoms with Gasteiger partial charge in [0.05, 0.1) is 12.2 Å². The predicted octanol–water partition coefficient (Wildman–Crippen LogP) is 5.24. The average molecular weight is 488 g/mol. The maximum Gasteiger partial charge on any atom is 0.415 e. The van der Waals surface area contributed by atoms with E-state index in [4.69, 9.17) is 4.74 Å². The molecule has 0 bridgehead atoms. The Bertz CT molecular complexity index is 1160. The van der Waals surface area contributed by atoms with Gasteiger partial charge >= 0.3 is 6.09 Å². The van der Waals surface area contributed by atoms with Gasteiger partial charge in [-0.1, -0.05) is 12.1 Å². The van der Waals surface area contributed by atoms with Gasteiger partial charge in [0.2, 0.25) is 5.95 Å². The lowest BCUT2D eigenvalue weighted by molar-refractivity contribution is 0.0148. The highest BCUT2D eigenvalue weighted by atomic mass is 35.5. The number of amides is 1. The molecule has 1 saturated heterocycles. The first-order chi connectivity index (χ1) is 16.0. The highest BCUT2D eigenvalue weighted by Crippen LogP contribution is 2.41. The van der Waals surface area contributed by atoms with Crippen LogP contribution in [0, 0.1) is 17.7 Å². The summed E-state index contributed by atoms with van der Waals surface area (Å²) in [5, 5.41) is 11.7. The molecular weight excluding hydrogens is 464 g/mol. The summed E-state index contributed by atoms with van der Waals surface area (Å²) in [6.07, 6.45) is 4.01. The standard InChI is InChI=1S/C24H23F2N5O2.ClH/c25-18-4-1-3-17(13-18)19-6-7-21(30-29-19)28-14-16-8-10-24(11-9-16)15-31(23(32)33-24)20-5-2-12-27-22(20)26;/h1-7,12-13,16H,8-11,14-15H2,(H,28,30);1H/t16-,24-;. The number of carbonyl (C=O) groups is 1. The summed E-state index contributed by atoms with van der Waals surface area (Å²) in [6.45, 7) is 1.06. The van der Waals surface area contributed by atoms with E-state index in [2.05, 4.69) is 20.5 Å². The minimum Gasteiger partial charge on any atom is -0.441 e. The van der Waals surface area contributed by atoms with Crippen molar-refractivity contribution < 1.29 is 18.3 Å². The van der Waals surface area contributed by atoms with Crippen molar-refractivity contribution in [3.8, 4) is 11.3 Å². The number of ether oxygens (including phenoxy) is 1. The summed E-state index contributed by atoms with van der Waals surface area (Å²) < 4.78 is 33.2. The normalized spacial score (nSPS) is 21.8. The van der Waals surface area contributed by atoms with Crippen LogP contribution in [0.5, 0.6) is 0 Å². The zero-order valence-corrected chi connectivity index (χ0v) is 19.1. The van der Waals surface area contributed by atoms with E-state index in [0.29, 0.717) is 42.4 Å². The molecule has 5 rings (SSSR count). The number of nitrogens with one attached hydrogen (secondary N) is 1. The van der Waals surface area contributed by atoms with Crippen molar-refractivity contribution in [2.45, 2.75) is 31.3 Å². The third-order valence-corrected chi connectivity index (χ3v) is 6.37. The Balaban J connectivity index is 0.00000274. The number of nitrogens with zero attached hydrogens (tertiary/aromatic N) is 4. The third kappa shape index (κ3) is 4.94. The lowest BCUT2D eigenvalue weighted by Gasteiger charge is -2.35. The first-order valence-corrected chi connectivity index (χ1v) is 11.0. The Morgan fingerprint density at radius 1 is 1.09 bits per heavy atom. The SMILES string of the molecule is Cl.O=C1O[C@]2(CC[C@H](CNc3ccc(-c4cccc(F)c4)nn3)CC2)CN1c1cccnc1F. The van der Waals surface area contributed by atoms with Crippen LogP contribution in [-0.2, 0) is 4.74 Å². The molecule has 34 heavy (non-hydrogen) atoms. The fourth-order valence-corrected chi connectivity index (χ4v) is 4.53. The smallest absolute Gasteiger partial charge is 0.415 e. The number of rotatable bonds is 5. The first kappa shape index (κ1) is 23.8. The van der Waals surface area contributed by atoms with E-state index in [0.717, 1.165) is 19.4 Å². The average Bonchev–Trinajstić information content (AvgIpc) is 3.15. The second kappa shape index (κ2) is 9.89. The van der Waals surface area contributed by atoms with Crippen molar-refractivity contribution in [3.63, 3.8) is 0 Å². The second-order valence-corrected chi connectivity index (χ2v) is 8.59. The number of anilines is 2. The van der Waals surface area contributed by atoms with Crippen LogP contribution in [0.4, 0.5) is 25.1 Å². The van der Waals surface area contributed by atoms with E-state index < -0.39 is 17.6 Å². The number of pyridine rings is 1. The fourth-order valence-electron chi connectivity index (χ4n) is 4.53. The molecule has 1 aromatic carbocycles. The van der Waals surface area contributed by atoms with Crippen LogP contribution in [0.3, 0.4) is 0 Å². The molecule has 1 N–H and O–H groups in total. The number of hydrogen-bond acceptors (Lipinski definition) is 6. The number of hydrogen-bond donors (Lipinski definition) is 1. The van der Waals surface area contributed by atoms with Crippen molar-refractivity contribution in [1.29, 1.82) is 0 Å². The molecule has 10 heteroatoms. The molecule has 1 saturated carbocycles. The van der Waals surface area contributed by atoms with Gasteiger partial charge in [-0.05, 0) is 68.0 Å². The van der Waals surface area contributed by atoms with Crippen LogP contribution in [-0.4, -0.2) is 40.0 Å². The number of halogens is 3. The molecule has 0 unspecified atom stereocenters. The number of benzene rings is 1. The number of carbonyl (C=O) groups excluding carboxylic acids is 1. The molecule has 178 valence electrons. The van der Waals surface area contributed by atoms with Crippen molar-refractivity contribution in [2.75, 3.05) is 23.3 Å². The third-order valence-electron chi connectivity index (χ3n) is 6.37. The monoisotopic (exact) mass is 487 g/mol. The molecule has 1 aliphatic carbocycles. The van der Waals surface area contributed by atoms with Crippen LogP contribution >= 0.6 is 12.4 Å². The number of aromatic nitrogens is 3. The van der Waals surface area contributed by atoms with Crippen LogP contribution in [0.1, 0.15) is 25.7 Å². The quantitative estimate of drug-likeness (QED) is 0.496. The molecule has 1 amide bonds. The maximum atomic E-state index is 14.0. The molecule has 0 radical (unpaired) electrons.